The van der Waals surface area contributed by atoms with Crippen LogP contribution in [0.1, 0.15) is 24.0 Å². The summed E-state index contributed by atoms with van der Waals surface area (Å²) in [5, 5.41) is 3.28. The molecule has 3 rings (SSSR count). The molecule has 19 heavy (non-hydrogen) atoms. The van der Waals surface area contributed by atoms with E-state index in [1.165, 1.54) is 11.1 Å². The lowest BCUT2D eigenvalue weighted by molar-refractivity contribution is -0.134. The first kappa shape index (κ1) is 12.5. The van der Waals surface area contributed by atoms with Gasteiger partial charge in [0.05, 0.1) is 13.2 Å². The van der Waals surface area contributed by atoms with Crippen LogP contribution in [0.25, 0.3) is 0 Å². The lowest BCUT2D eigenvalue weighted by Gasteiger charge is -2.31. The summed E-state index contributed by atoms with van der Waals surface area (Å²) in [6.45, 7) is 2.51. The average Bonchev–Trinajstić information content (AvgIpc) is 2.99. The molecule has 1 saturated heterocycles. The van der Waals surface area contributed by atoms with Crippen molar-refractivity contribution in [2.75, 3.05) is 20.2 Å². The minimum Gasteiger partial charge on any atom is -0.497 e. The Morgan fingerprint density at radius 2 is 2.32 bits per heavy atom. The van der Waals surface area contributed by atoms with Gasteiger partial charge in [-0.2, -0.15) is 0 Å². The first-order chi connectivity index (χ1) is 9.28. The van der Waals surface area contributed by atoms with Gasteiger partial charge in [0.25, 0.3) is 0 Å². The summed E-state index contributed by atoms with van der Waals surface area (Å²) < 4.78 is 5.26. The van der Waals surface area contributed by atoms with Crippen molar-refractivity contribution in [1.29, 1.82) is 0 Å². The molecule has 0 spiro atoms. The van der Waals surface area contributed by atoms with Crippen molar-refractivity contribution in [3.05, 3.63) is 29.3 Å². The fourth-order valence-corrected chi connectivity index (χ4v) is 2.96. The van der Waals surface area contributed by atoms with Crippen molar-refractivity contribution in [2.24, 2.45) is 0 Å². The van der Waals surface area contributed by atoms with E-state index in [4.69, 9.17) is 4.74 Å². The molecule has 0 radical (unpaired) electrons. The first-order valence-electron chi connectivity index (χ1n) is 6.96. The van der Waals surface area contributed by atoms with E-state index in [2.05, 4.69) is 17.4 Å². The van der Waals surface area contributed by atoms with Crippen molar-refractivity contribution < 1.29 is 9.53 Å². The van der Waals surface area contributed by atoms with Gasteiger partial charge >= 0.3 is 0 Å². The number of ether oxygens (including phenoxy) is 1. The van der Waals surface area contributed by atoms with Crippen LogP contribution in [0.3, 0.4) is 0 Å². The smallest absolute Gasteiger partial charge is 0.240 e. The highest BCUT2D eigenvalue weighted by molar-refractivity contribution is 5.82. The zero-order chi connectivity index (χ0) is 13.2. The van der Waals surface area contributed by atoms with Gasteiger partial charge in [-0.1, -0.05) is 6.07 Å². The summed E-state index contributed by atoms with van der Waals surface area (Å²) in [5.74, 6) is 1.12. The number of hydrogen-bond donors (Lipinski definition) is 1. The summed E-state index contributed by atoms with van der Waals surface area (Å²) in [5.41, 5.74) is 2.56. The molecule has 1 fully saturated rings. The molecular weight excluding hydrogens is 240 g/mol. The summed E-state index contributed by atoms with van der Waals surface area (Å²) in [6.07, 6.45) is 3.02. The summed E-state index contributed by atoms with van der Waals surface area (Å²) in [6, 6.07) is 6.20. The van der Waals surface area contributed by atoms with E-state index >= 15 is 0 Å². The molecule has 1 aromatic rings. The second-order valence-corrected chi connectivity index (χ2v) is 5.29. The second kappa shape index (κ2) is 5.21. The van der Waals surface area contributed by atoms with Crippen LogP contribution in [0, 0.1) is 0 Å². The molecule has 1 amide bonds. The maximum absolute atomic E-state index is 12.4. The molecule has 0 aliphatic carbocycles. The van der Waals surface area contributed by atoms with Crippen molar-refractivity contribution in [3.8, 4) is 5.75 Å². The van der Waals surface area contributed by atoms with Crippen LogP contribution in [-0.2, 0) is 17.8 Å². The minimum absolute atomic E-state index is 0.0344. The van der Waals surface area contributed by atoms with Crippen LogP contribution < -0.4 is 10.1 Å². The van der Waals surface area contributed by atoms with Gasteiger partial charge < -0.3 is 15.0 Å². The number of carbonyl (C=O) groups excluding carboxylic acids is 1. The number of fused-ring (bicyclic) bond motifs is 1. The average molecular weight is 260 g/mol. The Morgan fingerprint density at radius 3 is 3.05 bits per heavy atom. The number of hydrogen-bond acceptors (Lipinski definition) is 3. The van der Waals surface area contributed by atoms with Crippen LogP contribution >= 0.6 is 0 Å². The number of benzene rings is 1. The van der Waals surface area contributed by atoms with E-state index in [9.17, 15) is 4.79 Å². The molecule has 102 valence electrons. The van der Waals surface area contributed by atoms with Gasteiger partial charge in [-0.15, -0.1) is 0 Å². The van der Waals surface area contributed by atoms with E-state index in [1.807, 2.05) is 11.0 Å². The molecule has 1 aromatic carbocycles. The van der Waals surface area contributed by atoms with Gasteiger partial charge in [-0.25, -0.2) is 0 Å². The van der Waals surface area contributed by atoms with E-state index in [0.29, 0.717) is 6.54 Å². The SMILES string of the molecule is COc1ccc2c(c1)CN(C(=O)C1CCCN1)CC2. The molecule has 1 atom stereocenters. The predicted molar refractivity (Wildman–Crippen MR) is 73.1 cm³/mol. The Kier molecular flexibility index (Phi) is 3.42. The maximum atomic E-state index is 12.4. The molecule has 1 N–H and O–H groups in total. The van der Waals surface area contributed by atoms with Gasteiger partial charge in [0, 0.05) is 13.1 Å². The number of carbonyl (C=O) groups is 1. The molecule has 0 bridgehead atoms. The van der Waals surface area contributed by atoms with E-state index in [1.54, 1.807) is 7.11 Å². The van der Waals surface area contributed by atoms with Gasteiger partial charge in [0.2, 0.25) is 5.91 Å². The van der Waals surface area contributed by atoms with Crippen LogP contribution in [0.5, 0.6) is 5.75 Å². The Bertz CT molecular complexity index is 481. The molecule has 1 unspecified atom stereocenters. The summed E-state index contributed by atoms with van der Waals surface area (Å²) >= 11 is 0. The molecule has 0 saturated carbocycles. The Labute approximate surface area is 113 Å². The zero-order valence-electron chi connectivity index (χ0n) is 11.3. The van der Waals surface area contributed by atoms with Crippen LogP contribution in [0.15, 0.2) is 18.2 Å². The molecule has 0 aromatic heterocycles. The van der Waals surface area contributed by atoms with Gasteiger partial charge in [-0.3, -0.25) is 4.79 Å². The predicted octanol–water partition coefficient (Wildman–Crippen LogP) is 1.33. The third-order valence-electron chi connectivity index (χ3n) is 4.10. The van der Waals surface area contributed by atoms with Gasteiger partial charge in [-0.05, 0) is 49.1 Å². The minimum atomic E-state index is 0.0344. The molecule has 2 heterocycles. The highest BCUT2D eigenvalue weighted by Gasteiger charge is 2.29. The van der Waals surface area contributed by atoms with Crippen LogP contribution in [-0.4, -0.2) is 37.0 Å². The lowest BCUT2D eigenvalue weighted by atomic mass is 9.98. The lowest BCUT2D eigenvalue weighted by Crippen LogP contribution is -2.45. The second-order valence-electron chi connectivity index (χ2n) is 5.29. The maximum Gasteiger partial charge on any atom is 0.240 e. The topological polar surface area (TPSA) is 41.6 Å². The van der Waals surface area contributed by atoms with E-state index in [0.717, 1.165) is 38.1 Å². The Morgan fingerprint density at radius 1 is 1.42 bits per heavy atom. The van der Waals surface area contributed by atoms with E-state index < -0.39 is 0 Å². The fraction of sp³-hybridized carbons (Fsp3) is 0.533. The number of rotatable bonds is 2. The Hall–Kier alpha value is -1.55. The molecule has 4 heteroatoms. The van der Waals surface area contributed by atoms with Crippen molar-refractivity contribution in [3.63, 3.8) is 0 Å². The summed E-state index contributed by atoms with van der Waals surface area (Å²) in [7, 11) is 1.68. The largest absolute Gasteiger partial charge is 0.497 e. The zero-order valence-corrected chi connectivity index (χ0v) is 11.3. The summed E-state index contributed by atoms with van der Waals surface area (Å²) in [4.78, 5) is 14.4. The molecule has 2 aliphatic rings. The number of nitrogens with one attached hydrogen (secondary N) is 1. The van der Waals surface area contributed by atoms with Gasteiger partial charge in [0.1, 0.15) is 5.75 Å². The fourth-order valence-electron chi connectivity index (χ4n) is 2.96. The van der Waals surface area contributed by atoms with Crippen LogP contribution in [0.2, 0.25) is 0 Å². The van der Waals surface area contributed by atoms with Crippen LogP contribution in [0.4, 0.5) is 0 Å². The molecule has 2 aliphatic heterocycles. The third-order valence-corrected chi connectivity index (χ3v) is 4.10. The van der Waals surface area contributed by atoms with Gasteiger partial charge in [0.15, 0.2) is 0 Å². The highest BCUT2D eigenvalue weighted by Crippen LogP contribution is 2.24. The normalized spacial score (nSPS) is 22.2. The standard InChI is InChI=1S/C15H20N2O2/c1-19-13-5-4-11-6-8-17(10-12(11)9-13)15(18)14-3-2-7-16-14/h4-5,9,14,16H,2-3,6-8,10H2,1H3. The molecular formula is C15H20N2O2. The molecule has 4 nitrogen and oxygen atoms in total. The van der Waals surface area contributed by atoms with Crippen molar-refractivity contribution in [2.45, 2.75) is 31.8 Å². The number of nitrogens with zero attached hydrogens (tertiary/aromatic N) is 1. The van der Waals surface area contributed by atoms with Crippen molar-refractivity contribution >= 4 is 5.91 Å². The van der Waals surface area contributed by atoms with Crippen molar-refractivity contribution in [1.82, 2.24) is 10.2 Å². The van der Waals surface area contributed by atoms with E-state index in [-0.39, 0.29) is 11.9 Å². The highest BCUT2D eigenvalue weighted by atomic mass is 16.5. The monoisotopic (exact) mass is 260 g/mol. The Balaban J connectivity index is 1.75. The third kappa shape index (κ3) is 2.45. The first-order valence-corrected chi connectivity index (χ1v) is 6.96. The number of amides is 1. The quantitative estimate of drug-likeness (QED) is 0.872. The number of methoxy groups -OCH3 is 1.